The summed E-state index contributed by atoms with van der Waals surface area (Å²) in [5, 5.41) is 3.18. The normalized spacial score (nSPS) is 21.1. The first-order valence-corrected chi connectivity index (χ1v) is 10.7. The number of carbonyl (C=O) groups is 2. The highest BCUT2D eigenvalue weighted by Crippen LogP contribution is 2.49. The van der Waals surface area contributed by atoms with Gasteiger partial charge in [-0.2, -0.15) is 0 Å². The minimum absolute atomic E-state index is 0.0424. The van der Waals surface area contributed by atoms with Crippen LogP contribution < -0.4 is 5.32 Å². The van der Waals surface area contributed by atoms with Gasteiger partial charge in [0, 0.05) is 25.8 Å². The first-order valence-electron chi connectivity index (χ1n) is 10.7. The van der Waals surface area contributed by atoms with Crippen LogP contribution in [0.2, 0.25) is 0 Å². The minimum atomic E-state index is -0.440. The Morgan fingerprint density at radius 2 is 1.96 bits per heavy atom. The van der Waals surface area contributed by atoms with E-state index in [-0.39, 0.29) is 17.7 Å². The van der Waals surface area contributed by atoms with E-state index in [4.69, 9.17) is 4.74 Å². The average Bonchev–Trinajstić information content (AvgIpc) is 2.68. The number of fused-ring (bicyclic) bond motifs is 1. The van der Waals surface area contributed by atoms with Crippen molar-refractivity contribution in [1.82, 2.24) is 10.2 Å². The first kappa shape index (κ1) is 20.8. The number of hydrogen-bond acceptors (Lipinski definition) is 3. The summed E-state index contributed by atoms with van der Waals surface area (Å²) in [6.07, 6.45) is 5.97. The summed E-state index contributed by atoms with van der Waals surface area (Å²) in [5.74, 6) is 0.332. The van der Waals surface area contributed by atoms with Gasteiger partial charge in [0.05, 0.1) is 18.1 Å². The number of nitrogens with one attached hydrogen (secondary N) is 1. The number of nitrogens with zero attached hydrogens (tertiary/aromatic N) is 1. The van der Waals surface area contributed by atoms with Crippen LogP contribution in [0.15, 0.2) is 24.3 Å². The summed E-state index contributed by atoms with van der Waals surface area (Å²) < 4.78 is 5.31. The van der Waals surface area contributed by atoms with Crippen LogP contribution in [-0.2, 0) is 9.53 Å². The van der Waals surface area contributed by atoms with Crippen LogP contribution in [0.4, 0.5) is 0 Å². The SMILES string of the molecule is COCCN1C(=O)c2ccccc2[C@@H](C(=O)NCCC(C)C)C12CCCCC2. The summed E-state index contributed by atoms with van der Waals surface area (Å²) in [6.45, 7) is 6.01. The third kappa shape index (κ3) is 3.95. The van der Waals surface area contributed by atoms with Gasteiger partial charge in [-0.25, -0.2) is 0 Å². The molecular formula is C23H34N2O3. The zero-order chi connectivity index (χ0) is 20.1. The molecule has 2 amide bonds. The predicted molar refractivity (Wildman–Crippen MR) is 110 cm³/mol. The molecule has 28 heavy (non-hydrogen) atoms. The van der Waals surface area contributed by atoms with Gasteiger partial charge in [0.25, 0.3) is 5.91 Å². The molecule has 1 spiro atoms. The van der Waals surface area contributed by atoms with Gasteiger partial charge in [-0.1, -0.05) is 51.3 Å². The molecule has 5 nitrogen and oxygen atoms in total. The monoisotopic (exact) mass is 386 g/mol. The second-order valence-electron chi connectivity index (χ2n) is 8.61. The summed E-state index contributed by atoms with van der Waals surface area (Å²) in [5.41, 5.74) is 1.12. The second-order valence-corrected chi connectivity index (χ2v) is 8.61. The standard InChI is InChI=1S/C23H34N2O3/c1-17(2)11-14-24-21(26)20-18-9-5-6-10-19(18)22(27)25(15-16-28-3)23(20)12-7-4-8-13-23/h5-6,9-10,17,20H,4,7-8,11-16H2,1-3H3,(H,24,26)/t20-/m0/s1. The Bertz CT molecular complexity index is 695. The van der Waals surface area contributed by atoms with E-state index >= 15 is 0 Å². The smallest absolute Gasteiger partial charge is 0.254 e. The molecule has 3 rings (SSSR count). The molecule has 1 N–H and O–H groups in total. The Kier molecular flexibility index (Phi) is 6.76. The Morgan fingerprint density at radius 1 is 1.25 bits per heavy atom. The number of rotatable bonds is 7. The lowest BCUT2D eigenvalue weighted by molar-refractivity contribution is -0.127. The molecule has 2 aliphatic rings. The average molecular weight is 387 g/mol. The number of ether oxygens (including phenoxy) is 1. The molecule has 1 aromatic carbocycles. The van der Waals surface area contributed by atoms with Crippen molar-refractivity contribution in [2.24, 2.45) is 5.92 Å². The Hall–Kier alpha value is -1.88. The van der Waals surface area contributed by atoms with Gasteiger partial charge < -0.3 is 15.0 Å². The van der Waals surface area contributed by atoms with Crippen LogP contribution in [0.25, 0.3) is 0 Å². The lowest BCUT2D eigenvalue weighted by atomic mass is 9.65. The topological polar surface area (TPSA) is 58.6 Å². The van der Waals surface area contributed by atoms with E-state index in [9.17, 15) is 9.59 Å². The molecule has 0 unspecified atom stereocenters. The van der Waals surface area contributed by atoms with Crippen molar-refractivity contribution < 1.29 is 14.3 Å². The quantitative estimate of drug-likeness (QED) is 0.777. The van der Waals surface area contributed by atoms with E-state index in [2.05, 4.69) is 19.2 Å². The third-order valence-electron chi connectivity index (χ3n) is 6.34. The maximum Gasteiger partial charge on any atom is 0.254 e. The van der Waals surface area contributed by atoms with Crippen LogP contribution in [0.3, 0.4) is 0 Å². The van der Waals surface area contributed by atoms with Gasteiger partial charge in [-0.3, -0.25) is 9.59 Å². The molecule has 1 aromatic rings. The molecule has 1 atom stereocenters. The fourth-order valence-corrected chi connectivity index (χ4v) is 4.94. The molecular weight excluding hydrogens is 352 g/mol. The molecule has 1 fully saturated rings. The number of benzene rings is 1. The maximum atomic E-state index is 13.5. The summed E-state index contributed by atoms with van der Waals surface area (Å²) in [4.78, 5) is 28.8. The van der Waals surface area contributed by atoms with E-state index in [1.165, 1.54) is 0 Å². The van der Waals surface area contributed by atoms with Gasteiger partial charge in [0.1, 0.15) is 0 Å². The molecule has 0 saturated heterocycles. The molecule has 0 radical (unpaired) electrons. The van der Waals surface area contributed by atoms with Gasteiger partial charge in [-0.15, -0.1) is 0 Å². The number of methoxy groups -OCH3 is 1. The van der Waals surface area contributed by atoms with E-state index in [0.717, 1.165) is 44.1 Å². The third-order valence-corrected chi connectivity index (χ3v) is 6.34. The van der Waals surface area contributed by atoms with Crippen molar-refractivity contribution in [2.75, 3.05) is 26.8 Å². The lowest BCUT2D eigenvalue weighted by Crippen LogP contribution is -2.63. The molecule has 1 aliphatic carbocycles. The second kappa shape index (κ2) is 9.08. The zero-order valence-electron chi connectivity index (χ0n) is 17.5. The van der Waals surface area contributed by atoms with E-state index in [0.29, 0.717) is 31.2 Å². The number of carbonyl (C=O) groups excluding carboxylic acids is 2. The Balaban J connectivity index is 2.01. The highest BCUT2D eigenvalue weighted by Gasteiger charge is 2.54. The largest absolute Gasteiger partial charge is 0.383 e. The molecule has 0 aromatic heterocycles. The fourth-order valence-electron chi connectivity index (χ4n) is 4.94. The summed E-state index contributed by atoms with van der Waals surface area (Å²) >= 11 is 0. The fraction of sp³-hybridized carbons (Fsp3) is 0.652. The van der Waals surface area contributed by atoms with Crippen molar-refractivity contribution in [3.05, 3.63) is 35.4 Å². The van der Waals surface area contributed by atoms with E-state index in [1.807, 2.05) is 29.2 Å². The van der Waals surface area contributed by atoms with E-state index in [1.54, 1.807) is 7.11 Å². The molecule has 154 valence electrons. The summed E-state index contributed by atoms with van der Waals surface area (Å²) in [7, 11) is 1.66. The molecule has 1 aliphatic heterocycles. The molecule has 1 heterocycles. The molecule has 5 heteroatoms. The first-order chi connectivity index (χ1) is 13.5. The Morgan fingerprint density at radius 3 is 2.64 bits per heavy atom. The highest BCUT2D eigenvalue weighted by molar-refractivity contribution is 6.02. The van der Waals surface area contributed by atoms with Crippen LogP contribution in [0.1, 0.15) is 74.2 Å². The predicted octanol–water partition coefficient (Wildman–Crippen LogP) is 3.74. The van der Waals surface area contributed by atoms with Gasteiger partial charge in [0.2, 0.25) is 5.91 Å². The maximum absolute atomic E-state index is 13.5. The highest BCUT2D eigenvalue weighted by atomic mass is 16.5. The zero-order valence-corrected chi connectivity index (χ0v) is 17.5. The van der Waals surface area contributed by atoms with Crippen molar-refractivity contribution in [3.8, 4) is 0 Å². The minimum Gasteiger partial charge on any atom is -0.383 e. The lowest BCUT2D eigenvalue weighted by Gasteiger charge is -2.53. The molecule has 1 saturated carbocycles. The van der Waals surface area contributed by atoms with E-state index < -0.39 is 5.54 Å². The van der Waals surface area contributed by atoms with Crippen molar-refractivity contribution in [2.45, 2.75) is 63.8 Å². The van der Waals surface area contributed by atoms with Gasteiger partial charge >= 0.3 is 0 Å². The molecule has 0 bridgehead atoms. The Labute approximate surface area is 168 Å². The number of amides is 2. The number of hydrogen-bond donors (Lipinski definition) is 1. The van der Waals surface area contributed by atoms with Gasteiger partial charge in [0.15, 0.2) is 0 Å². The van der Waals surface area contributed by atoms with Crippen molar-refractivity contribution in [1.29, 1.82) is 0 Å². The van der Waals surface area contributed by atoms with Crippen molar-refractivity contribution >= 4 is 11.8 Å². The van der Waals surface area contributed by atoms with Gasteiger partial charge in [-0.05, 0) is 36.8 Å². The van der Waals surface area contributed by atoms with Crippen molar-refractivity contribution in [3.63, 3.8) is 0 Å². The van der Waals surface area contributed by atoms with Crippen LogP contribution in [0.5, 0.6) is 0 Å². The van der Waals surface area contributed by atoms with Crippen LogP contribution in [0, 0.1) is 5.92 Å². The van der Waals surface area contributed by atoms with Crippen LogP contribution in [-0.4, -0.2) is 49.1 Å². The van der Waals surface area contributed by atoms with Crippen LogP contribution >= 0.6 is 0 Å². The summed E-state index contributed by atoms with van der Waals surface area (Å²) in [6, 6.07) is 7.67.